The summed E-state index contributed by atoms with van der Waals surface area (Å²) in [6.07, 6.45) is 4.39. The van der Waals surface area contributed by atoms with Crippen LogP contribution in [0, 0.1) is 0 Å². The molecule has 9 heteroatoms. The van der Waals surface area contributed by atoms with E-state index in [4.69, 9.17) is 17.3 Å². The molecule has 0 aliphatic rings. The minimum atomic E-state index is -3.84. The quantitative estimate of drug-likeness (QED) is 0.690. The van der Waals surface area contributed by atoms with Gasteiger partial charge in [0.15, 0.2) is 5.82 Å². The number of hydrogen-bond acceptors (Lipinski definition) is 5. The van der Waals surface area contributed by atoms with Gasteiger partial charge in [0.2, 0.25) is 0 Å². The molecule has 0 aliphatic heterocycles. The van der Waals surface area contributed by atoms with Crippen molar-refractivity contribution in [2.45, 2.75) is 31.1 Å². The average molecular weight is 406 g/mol. The summed E-state index contributed by atoms with van der Waals surface area (Å²) in [5, 5.41) is 4.36. The van der Waals surface area contributed by atoms with Gasteiger partial charge in [0.25, 0.3) is 10.0 Å². The van der Waals surface area contributed by atoms with Gasteiger partial charge in [-0.25, -0.2) is 18.1 Å². The lowest BCUT2D eigenvalue weighted by molar-refractivity contribution is 0.587. The van der Waals surface area contributed by atoms with E-state index < -0.39 is 10.0 Å². The minimum Gasteiger partial charge on any atom is -0.396 e. The maximum Gasteiger partial charge on any atom is 0.262 e. The van der Waals surface area contributed by atoms with Crippen LogP contribution in [0.1, 0.15) is 26.3 Å². The average Bonchev–Trinajstić information content (AvgIpc) is 3.00. The summed E-state index contributed by atoms with van der Waals surface area (Å²) in [6.45, 7) is 6.19. The minimum absolute atomic E-state index is 0.0697. The number of pyridine rings is 1. The van der Waals surface area contributed by atoms with Crippen LogP contribution in [0.15, 0.2) is 53.8 Å². The van der Waals surface area contributed by atoms with E-state index >= 15 is 0 Å². The van der Waals surface area contributed by atoms with Gasteiger partial charge in [-0.3, -0.25) is 4.72 Å². The summed E-state index contributed by atoms with van der Waals surface area (Å²) in [5.41, 5.74) is 7.29. The number of nitrogens with one attached hydrogen (secondary N) is 1. The molecule has 2 heterocycles. The molecule has 2 aromatic heterocycles. The van der Waals surface area contributed by atoms with E-state index in [0.29, 0.717) is 10.7 Å². The summed E-state index contributed by atoms with van der Waals surface area (Å²) in [6, 6.07) is 8.24. The van der Waals surface area contributed by atoms with E-state index in [-0.39, 0.29) is 21.8 Å². The predicted molar refractivity (Wildman–Crippen MR) is 107 cm³/mol. The molecule has 142 valence electrons. The first-order valence-corrected chi connectivity index (χ1v) is 10.0. The van der Waals surface area contributed by atoms with Crippen LogP contribution in [-0.4, -0.2) is 23.2 Å². The molecule has 3 aromatic rings. The van der Waals surface area contributed by atoms with Gasteiger partial charge in [-0.15, -0.1) is 0 Å². The molecule has 3 rings (SSSR count). The summed E-state index contributed by atoms with van der Waals surface area (Å²) in [7, 11) is -3.84. The molecule has 0 saturated heterocycles. The van der Waals surface area contributed by atoms with Crippen molar-refractivity contribution in [3.8, 4) is 5.82 Å². The van der Waals surface area contributed by atoms with E-state index in [2.05, 4.69) is 35.6 Å². The zero-order valence-electron chi connectivity index (χ0n) is 15.1. The molecule has 1 aromatic carbocycles. The summed E-state index contributed by atoms with van der Waals surface area (Å²) in [4.78, 5) is 4.31. The van der Waals surface area contributed by atoms with Gasteiger partial charge in [-0.1, -0.05) is 44.5 Å². The van der Waals surface area contributed by atoms with E-state index in [9.17, 15) is 8.42 Å². The van der Waals surface area contributed by atoms with Gasteiger partial charge >= 0.3 is 0 Å². The van der Waals surface area contributed by atoms with Crippen LogP contribution in [0.5, 0.6) is 0 Å². The van der Waals surface area contributed by atoms with Crippen molar-refractivity contribution in [2.75, 3.05) is 10.5 Å². The largest absolute Gasteiger partial charge is 0.396 e. The highest BCUT2D eigenvalue weighted by Crippen LogP contribution is 2.27. The van der Waals surface area contributed by atoms with Crippen molar-refractivity contribution >= 4 is 33.0 Å². The lowest BCUT2D eigenvalue weighted by Crippen LogP contribution is -2.16. The topological polar surface area (TPSA) is 103 Å². The zero-order chi connectivity index (χ0) is 19.8. The van der Waals surface area contributed by atoms with Crippen LogP contribution in [0.25, 0.3) is 5.82 Å². The zero-order valence-corrected chi connectivity index (χ0v) is 16.7. The van der Waals surface area contributed by atoms with Crippen LogP contribution < -0.4 is 10.5 Å². The van der Waals surface area contributed by atoms with Crippen molar-refractivity contribution in [2.24, 2.45) is 0 Å². The molecule has 0 amide bonds. The SMILES string of the molecule is CC(C)(C)c1ccc(S(=O)(=O)Nc2cc(Cl)cnc2-n2cc(N)cn2)cc1. The van der Waals surface area contributed by atoms with Crippen LogP contribution in [0.4, 0.5) is 11.4 Å². The van der Waals surface area contributed by atoms with Crippen molar-refractivity contribution in [3.05, 3.63) is 59.5 Å². The van der Waals surface area contributed by atoms with E-state index in [1.165, 1.54) is 29.3 Å². The lowest BCUT2D eigenvalue weighted by atomic mass is 9.87. The molecular formula is C18H20ClN5O2S. The maximum absolute atomic E-state index is 12.8. The number of halogens is 1. The van der Waals surface area contributed by atoms with Crippen molar-refractivity contribution in [3.63, 3.8) is 0 Å². The van der Waals surface area contributed by atoms with Gasteiger partial charge in [0.1, 0.15) is 0 Å². The normalized spacial score (nSPS) is 12.1. The fourth-order valence-electron chi connectivity index (χ4n) is 2.48. The Morgan fingerprint density at radius 2 is 1.81 bits per heavy atom. The van der Waals surface area contributed by atoms with Crippen molar-refractivity contribution in [1.29, 1.82) is 0 Å². The second-order valence-electron chi connectivity index (χ2n) is 7.12. The number of hydrogen-bond donors (Lipinski definition) is 2. The summed E-state index contributed by atoms with van der Waals surface area (Å²) in [5.74, 6) is 0.269. The first-order chi connectivity index (χ1) is 12.6. The summed E-state index contributed by atoms with van der Waals surface area (Å²) >= 11 is 6.00. The van der Waals surface area contributed by atoms with Gasteiger partial charge in [0, 0.05) is 6.20 Å². The third kappa shape index (κ3) is 4.23. The lowest BCUT2D eigenvalue weighted by Gasteiger charge is -2.19. The molecule has 0 aliphatic carbocycles. The Morgan fingerprint density at radius 3 is 2.37 bits per heavy atom. The van der Waals surface area contributed by atoms with Gasteiger partial charge < -0.3 is 5.73 Å². The summed E-state index contributed by atoms with van der Waals surface area (Å²) < 4.78 is 29.6. The number of aromatic nitrogens is 3. The Kier molecular flexibility index (Phi) is 4.88. The second kappa shape index (κ2) is 6.86. The predicted octanol–water partition coefficient (Wildman–Crippen LogP) is 3.60. The molecule has 7 nitrogen and oxygen atoms in total. The van der Waals surface area contributed by atoms with Gasteiger partial charge in [0.05, 0.1) is 33.7 Å². The fraction of sp³-hybridized carbons (Fsp3) is 0.222. The first-order valence-electron chi connectivity index (χ1n) is 8.16. The van der Waals surface area contributed by atoms with Gasteiger partial charge in [-0.2, -0.15) is 5.10 Å². The smallest absolute Gasteiger partial charge is 0.262 e. The number of sulfonamides is 1. The number of nitrogens with zero attached hydrogens (tertiary/aromatic N) is 3. The van der Waals surface area contributed by atoms with Crippen LogP contribution in [0.2, 0.25) is 5.02 Å². The highest BCUT2D eigenvalue weighted by atomic mass is 35.5. The second-order valence-corrected chi connectivity index (χ2v) is 9.24. The van der Waals surface area contributed by atoms with Crippen LogP contribution in [0.3, 0.4) is 0 Å². The number of anilines is 2. The number of rotatable bonds is 4. The number of nitrogen functional groups attached to an aromatic ring is 1. The maximum atomic E-state index is 12.8. The molecule has 0 saturated carbocycles. The molecule has 0 fully saturated rings. The molecule has 27 heavy (non-hydrogen) atoms. The first kappa shape index (κ1) is 19.2. The van der Waals surface area contributed by atoms with E-state index in [1.54, 1.807) is 24.3 Å². The molecule has 0 bridgehead atoms. The Balaban J connectivity index is 1.98. The van der Waals surface area contributed by atoms with Gasteiger partial charge in [-0.05, 0) is 29.2 Å². The van der Waals surface area contributed by atoms with Crippen LogP contribution >= 0.6 is 11.6 Å². The molecule has 0 spiro atoms. The Hall–Kier alpha value is -2.58. The molecule has 0 unspecified atom stereocenters. The Morgan fingerprint density at radius 1 is 1.15 bits per heavy atom. The van der Waals surface area contributed by atoms with Crippen molar-refractivity contribution < 1.29 is 8.42 Å². The fourth-order valence-corrected chi connectivity index (χ4v) is 3.69. The Labute approximate surface area is 163 Å². The highest BCUT2D eigenvalue weighted by molar-refractivity contribution is 7.92. The highest BCUT2D eigenvalue weighted by Gasteiger charge is 2.20. The Bertz CT molecular complexity index is 1070. The monoisotopic (exact) mass is 405 g/mol. The standard InChI is InChI=1S/C18H20ClN5O2S/c1-18(2,3)12-4-6-15(7-5-12)27(25,26)23-16-8-13(19)9-21-17(16)24-11-14(20)10-22-24/h4-11,23H,20H2,1-3H3. The molecule has 0 atom stereocenters. The molecular weight excluding hydrogens is 386 g/mol. The molecule has 3 N–H and O–H groups in total. The van der Waals surface area contributed by atoms with E-state index in [1.807, 2.05) is 0 Å². The number of nitrogens with two attached hydrogens (primary N) is 1. The van der Waals surface area contributed by atoms with Crippen LogP contribution in [-0.2, 0) is 15.4 Å². The third-order valence-corrected chi connectivity index (χ3v) is 5.52. The third-order valence-electron chi connectivity index (χ3n) is 3.93. The van der Waals surface area contributed by atoms with Crippen molar-refractivity contribution in [1.82, 2.24) is 14.8 Å². The van der Waals surface area contributed by atoms with E-state index in [0.717, 1.165) is 5.56 Å². The molecule has 0 radical (unpaired) electrons. The number of benzene rings is 1.